The number of aromatic nitrogens is 2. The number of benzene rings is 2. The van der Waals surface area contributed by atoms with Gasteiger partial charge in [0.2, 0.25) is 0 Å². The Labute approximate surface area is 185 Å². The summed E-state index contributed by atoms with van der Waals surface area (Å²) in [4.78, 5) is 27.1. The molecule has 7 nitrogen and oxygen atoms in total. The monoisotopic (exact) mass is 438 g/mol. The number of esters is 1. The van der Waals surface area contributed by atoms with Crippen LogP contribution in [-0.4, -0.2) is 52.3 Å². The molecule has 2 aromatic carbocycles. The number of rotatable bonds is 6. The van der Waals surface area contributed by atoms with Crippen LogP contribution in [0, 0.1) is 0 Å². The van der Waals surface area contributed by atoms with E-state index in [-0.39, 0.29) is 17.9 Å². The molecule has 1 aliphatic rings. The molecule has 3 aromatic rings. The van der Waals surface area contributed by atoms with Crippen molar-refractivity contribution in [3.8, 4) is 5.69 Å². The van der Waals surface area contributed by atoms with Crippen molar-refractivity contribution < 1.29 is 14.3 Å². The second-order valence-electron chi connectivity index (χ2n) is 7.50. The minimum absolute atomic E-state index is 0.158. The van der Waals surface area contributed by atoms with E-state index in [1.54, 1.807) is 23.0 Å². The maximum absolute atomic E-state index is 12.8. The van der Waals surface area contributed by atoms with E-state index in [0.29, 0.717) is 30.1 Å². The van der Waals surface area contributed by atoms with Gasteiger partial charge in [-0.05, 0) is 54.4 Å². The summed E-state index contributed by atoms with van der Waals surface area (Å²) in [6.45, 7) is 1.13. The quantitative estimate of drug-likeness (QED) is 0.598. The maximum Gasteiger partial charge on any atom is 0.323 e. The van der Waals surface area contributed by atoms with E-state index < -0.39 is 6.04 Å². The molecule has 160 valence electrons. The van der Waals surface area contributed by atoms with Crippen molar-refractivity contribution in [2.75, 3.05) is 13.7 Å². The molecule has 0 aliphatic carbocycles. The summed E-state index contributed by atoms with van der Waals surface area (Å²) < 4.78 is 6.72. The Bertz CT molecular complexity index is 1040. The Morgan fingerprint density at radius 2 is 1.90 bits per heavy atom. The molecule has 0 bridgehead atoms. The first-order valence-electron chi connectivity index (χ1n) is 10.0. The van der Waals surface area contributed by atoms with E-state index in [1.165, 1.54) is 7.11 Å². The molecule has 1 aliphatic heterocycles. The zero-order valence-electron chi connectivity index (χ0n) is 17.1. The topological polar surface area (TPSA) is 76.5 Å². The third-order valence-electron chi connectivity index (χ3n) is 5.41. The van der Waals surface area contributed by atoms with Gasteiger partial charge in [0.1, 0.15) is 6.04 Å². The van der Waals surface area contributed by atoms with Crippen LogP contribution in [0.25, 0.3) is 5.69 Å². The van der Waals surface area contributed by atoms with E-state index in [4.69, 9.17) is 16.3 Å². The van der Waals surface area contributed by atoms with Crippen molar-refractivity contribution in [1.29, 1.82) is 0 Å². The molecular formula is C23H23ClN4O3. The van der Waals surface area contributed by atoms with Crippen molar-refractivity contribution in [3.05, 3.63) is 83.1 Å². The van der Waals surface area contributed by atoms with Crippen LogP contribution in [-0.2, 0) is 16.1 Å². The summed E-state index contributed by atoms with van der Waals surface area (Å²) in [5.41, 5.74) is 2.48. The van der Waals surface area contributed by atoms with Gasteiger partial charge in [0.25, 0.3) is 5.91 Å². The van der Waals surface area contributed by atoms with Gasteiger partial charge >= 0.3 is 5.97 Å². The summed E-state index contributed by atoms with van der Waals surface area (Å²) in [5, 5.41) is 7.90. The smallest absolute Gasteiger partial charge is 0.323 e. The highest BCUT2D eigenvalue weighted by molar-refractivity contribution is 6.30. The fraction of sp³-hybridized carbons (Fsp3) is 0.261. The normalized spacial score (nSPS) is 18.6. The Balaban J connectivity index is 1.42. The first kappa shape index (κ1) is 21.1. The molecular weight excluding hydrogens is 416 g/mol. The number of nitrogens with one attached hydrogen (secondary N) is 1. The minimum atomic E-state index is -0.409. The molecule has 0 spiro atoms. The largest absolute Gasteiger partial charge is 0.468 e. The van der Waals surface area contributed by atoms with Crippen LogP contribution in [0.15, 0.2) is 67.0 Å². The first-order chi connectivity index (χ1) is 15.0. The van der Waals surface area contributed by atoms with E-state index in [0.717, 1.165) is 11.3 Å². The lowest BCUT2D eigenvalue weighted by molar-refractivity contribution is -0.146. The van der Waals surface area contributed by atoms with E-state index in [2.05, 4.69) is 10.4 Å². The van der Waals surface area contributed by atoms with Gasteiger partial charge in [0.15, 0.2) is 0 Å². The summed E-state index contributed by atoms with van der Waals surface area (Å²) in [6, 6.07) is 16.0. The summed E-state index contributed by atoms with van der Waals surface area (Å²) in [6.07, 6.45) is 4.04. The lowest BCUT2D eigenvalue weighted by Gasteiger charge is -2.22. The van der Waals surface area contributed by atoms with Gasteiger partial charge < -0.3 is 10.1 Å². The third-order valence-corrected chi connectivity index (χ3v) is 5.66. The highest BCUT2D eigenvalue weighted by atomic mass is 35.5. The second-order valence-corrected chi connectivity index (χ2v) is 7.93. The standard InChI is InChI=1S/C23H23ClN4O3/c1-31-23(30)21-13-19(15-27(21)14-16-3-7-18(24)8-4-16)26-22(29)17-5-9-20(10-6-17)28-12-2-11-25-28/h2-12,19,21H,13-15H2,1H3,(H,26,29)/t19-,21+/m1/s1. The third kappa shape index (κ3) is 4.95. The zero-order valence-corrected chi connectivity index (χ0v) is 17.8. The van der Waals surface area contributed by atoms with Gasteiger partial charge in [-0.1, -0.05) is 23.7 Å². The lowest BCUT2D eigenvalue weighted by Crippen LogP contribution is -2.37. The SMILES string of the molecule is COC(=O)[C@@H]1C[C@@H](NC(=O)c2ccc(-n3cccn3)cc2)CN1Cc1ccc(Cl)cc1. The average molecular weight is 439 g/mol. The number of nitrogens with zero attached hydrogens (tertiary/aromatic N) is 3. The fourth-order valence-electron chi connectivity index (χ4n) is 3.84. The number of methoxy groups -OCH3 is 1. The van der Waals surface area contributed by atoms with E-state index in [1.807, 2.05) is 53.6 Å². The number of ether oxygens (including phenoxy) is 1. The number of halogens is 1. The van der Waals surface area contributed by atoms with Crippen molar-refractivity contribution in [2.45, 2.75) is 25.0 Å². The predicted octanol–water partition coefficient (Wildman–Crippen LogP) is 3.07. The number of carbonyl (C=O) groups excluding carboxylic acids is 2. The molecule has 0 unspecified atom stereocenters. The van der Waals surface area contributed by atoms with Gasteiger partial charge in [-0.15, -0.1) is 0 Å². The van der Waals surface area contributed by atoms with Gasteiger partial charge in [0, 0.05) is 42.1 Å². The van der Waals surface area contributed by atoms with Gasteiger partial charge in [-0.3, -0.25) is 14.5 Å². The van der Waals surface area contributed by atoms with Crippen LogP contribution in [0.4, 0.5) is 0 Å². The summed E-state index contributed by atoms with van der Waals surface area (Å²) in [5.74, 6) is -0.469. The molecule has 1 saturated heterocycles. The van der Waals surface area contributed by atoms with Crippen LogP contribution in [0.5, 0.6) is 0 Å². The molecule has 2 atom stereocenters. The molecule has 8 heteroatoms. The Kier molecular flexibility index (Phi) is 6.34. The number of carbonyl (C=O) groups is 2. The van der Waals surface area contributed by atoms with Crippen molar-refractivity contribution in [3.63, 3.8) is 0 Å². The highest BCUT2D eigenvalue weighted by Gasteiger charge is 2.38. The predicted molar refractivity (Wildman–Crippen MR) is 117 cm³/mol. The molecule has 1 aromatic heterocycles. The summed E-state index contributed by atoms with van der Waals surface area (Å²) >= 11 is 5.97. The van der Waals surface area contributed by atoms with Crippen molar-refractivity contribution >= 4 is 23.5 Å². The zero-order chi connectivity index (χ0) is 21.8. The number of amides is 1. The van der Waals surface area contributed by atoms with E-state index in [9.17, 15) is 9.59 Å². The van der Waals surface area contributed by atoms with Crippen LogP contribution < -0.4 is 5.32 Å². The molecule has 1 N–H and O–H groups in total. The lowest BCUT2D eigenvalue weighted by atomic mass is 10.1. The minimum Gasteiger partial charge on any atom is -0.468 e. The Morgan fingerprint density at radius 1 is 1.16 bits per heavy atom. The number of likely N-dealkylation sites (tertiary alicyclic amines) is 1. The number of hydrogen-bond acceptors (Lipinski definition) is 5. The van der Waals surface area contributed by atoms with Gasteiger partial charge in [0.05, 0.1) is 12.8 Å². The van der Waals surface area contributed by atoms with E-state index >= 15 is 0 Å². The van der Waals surface area contributed by atoms with Crippen LogP contribution in [0.2, 0.25) is 5.02 Å². The van der Waals surface area contributed by atoms with Crippen molar-refractivity contribution in [2.24, 2.45) is 0 Å². The van der Waals surface area contributed by atoms with Crippen LogP contribution in [0.1, 0.15) is 22.3 Å². The average Bonchev–Trinajstić information content (AvgIpc) is 3.45. The number of hydrogen-bond donors (Lipinski definition) is 1. The molecule has 31 heavy (non-hydrogen) atoms. The molecule has 2 heterocycles. The molecule has 0 radical (unpaired) electrons. The van der Waals surface area contributed by atoms with Crippen LogP contribution in [0.3, 0.4) is 0 Å². The van der Waals surface area contributed by atoms with Crippen molar-refractivity contribution in [1.82, 2.24) is 20.0 Å². The molecule has 0 saturated carbocycles. The Morgan fingerprint density at radius 3 is 2.55 bits per heavy atom. The van der Waals surface area contributed by atoms with Gasteiger partial charge in [-0.25, -0.2) is 4.68 Å². The molecule has 4 rings (SSSR count). The molecule has 1 fully saturated rings. The van der Waals surface area contributed by atoms with Crippen LogP contribution >= 0.6 is 11.6 Å². The Hall–Kier alpha value is -3.16. The van der Waals surface area contributed by atoms with Gasteiger partial charge in [-0.2, -0.15) is 5.10 Å². The first-order valence-corrected chi connectivity index (χ1v) is 10.4. The fourth-order valence-corrected chi connectivity index (χ4v) is 3.97. The molecule has 1 amide bonds. The summed E-state index contributed by atoms with van der Waals surface area (Å²) in [7, 11) is 1.38. The highest BCUT2D eigenvalue weighted by Crippen LogP contribution is 2.23. The second kappa shape index (κ2) is 9.32. The maximum atomic E-state index is 12.8.